The van der Waals surface area contributed by atoms with Crippen molar-refractivity contribution < 1.29 is 9.90 Å². The van der Waals surface area contributed by atoms with Crippen LogP contribution in [-0.2, 0) is 0 Å². The van der Waals surface area contributed by atoms with E-state index in [1.807, 2.05) is 31.2 Å². The van der Waals surface area contributed by atoms with Gasteiger partial charge in [0.05, 0.1) is 0 Å². The van der Waals surface area contributed by atoms with Crippen LogP contribution >= 0.6 is 11.3 Å². The van der Waals surface area contributed by atoms with Crippen LogP contribution in [0.25, 0.3) is 0 Å². The zero-order valence-electron chi connectivity index (χ0n) is 10.1. The third-order valence-corrected chi connectivity index (χ3v) is 4.30. The van der Waals surface area contributed by atoms with Gasteiger partial charge in [0, 0.05) is 10.4 Å². The fourth-order valence-corrected chi connectivity index (χ4v) is 2.98. The summed E-state index contributed by atoms with van der Waals surface area (Å²) in [5.41, 5.74) is 1.97. The van der Waals surface area contributed by atoms with Crippen molar-refractivity contribution in [2.24, 2.45) is 0 Å². The largest absolute Gasteiger partial charge is 0.506 e. The summed E-state index contributed by atoms with van der Waals surface area (Å²) < 4.78 is 0. The predicted molar refractivity (Wildman–Crippen MR) is 72.6 cm³/mol. The first-order chi connectivity index (χ1) is 8.65. The Bertz CT molecular complexity index is 591. The maximum absolute atomic E-state index is 12.2. The average Bonchev–Trinajstić information content (AvgIpc) is 3.15. The first-order valence-electron chi connectivity index (χ1n) is 6.09. The fraction of sp³-hybridized carbons (Fsp3) is 0.267. The van der Waals surface area contributed by atoms with Gasteiger partial charge in [-0.2, -0.15) is 0 Å². The lowest BCUT2D eigenvalue weighted by atomic mass is 10.0. The molecule has 1 fully saturated rings. The van der Waals surface area contributed by atoms with Gasteiger partial charge in [0.15, 0.2) is 0 Å². The molecule has 1 aromatic carbocycles. The summed E-state index contributed by atoms with van der Waals surface area (Å²) in [6.45, 7) is 1.89. The van der Waals surface area contributed by atoms with Crippen molar-refractivity contribution in [2.75, 3.05) is 0 Å². The number of rotatable bonds is 3. The van der Waals surface area contributed by atoms with Gasteiger partial charge in [-0.05, 0) is 37.3 Å². The summed E-state index contributed by atoms with van der Waals surface area (Å²) in [6, 6.07) is 9.43. The highest BCUT2D eigenvalue weighted by atomic mass is 32.1. The Labute approximate surface area is 110 Å². The normalized spacial score (nSPS) is 14.7. The fourth-order valence-electron chi connectivity index (χ4n) is 2.12. The zero-order chi connectivity index (χ0) is 12.7. The maximum Gasteiger partial charge on any atom is 0.206 e. The molecular formula is C15H14O2S. The van der Waals surface area contributed by atoms with Crippen LogP contribution in [-0.4, -0.2) is 10.9 Å². The molecule has 0 spiro atoms. The van der Waals surface area contributed by atoms with Crippen LogP contribution in [0.3, 0.4) is 0 Å². The van der Waals surface area contributed by atoms with Crippen LogP contribution in [0, 0.1) is 6.92 Å². The van der Waals surface area contributed by atoms with Crippen molar-refractivity contribution in [3.8, 4) is 5.75 Å². The van der Waals surface area contributed by atoms with Crippen LogP contribution in [0.15, 0.2) is 30.3 Å². The monoisotopic (exact) mass is 258 g/mol. The molecule has 0 bridgehead atoms. The Morgan fingerprint density at radius 1 is 1.28 bits per heavy atom. The highest BCUT2D eigenvalue weighted by Gasteiger charge is 2.23. The number of aryl methyl sites for hydroxylation is 1. The van der Waals surface area contributed by atoms with E-state index in [9.17, 15) is 9.90 Å². The summed E-state index contributed by atoms with van der Waals surface area (Å²) in [5, 5.41) is 9.71. The van der Waals surface area contributed by atoms with E-state index < -0.39 is 0 Å². The quantitative estimate of drug-likeness (QED) is 0.848. The second kappa shape index (κ2) is 4.25. The molecule has 0 amide bonds. The molecule has 0 radical (unpaired) electrons. The first kappa shape index (κ1) is 11.5. The molecule has 1 heterocycles. The minimum absolute atomic E-state index is 0.0899. The van der Waals surface area contributed by atoms with E-state index in [2.05, 4.69) is 0 Å². The van der Waals surface area contributed by atoms with Gasteiger partial charge in [0.1, 0.15) is 10.6 Å². The molecule has 3 heteroatoms. The van der Waals surface area contributed by atoms with E-state index in [-0.39, 0.29) is 11.5 Å². The third-order valence-electron chi connectivity index (χ3n) is 3.26. The van der Waals surface area contributed by atoms with Crippen molar-refractivity contribution in [3.63, 3.8) is 0 Å². The Hall–Kier alpha value is -1.61. The lowest BCUT2D eigenvalue weighted by Gasteiger charge is -2.01. The predicted octanol–water partition coefficient (Wildman–Crippen LogP) is 3.87. The molecule has 1 aliphatic carbocycles. The standard InChI is InChI=1S/C15H14O2S/c1-9-8-13(16)15(18-9)14(17)12-6-4-11(5-7-12)10-2-3-10/h4-8,10,16H,2-3H2,1H3. The second-order valence-corrected chi connectivity index (χ2v) is 6.05. The van der Waals surface area contributed by atoms with Crippen molar-refractivity contribution in [1.82, 2.24) is 0 Å². The van der Waals surface area contributed by atoms with E-state index in [1.54, 1.807) is 6.07 Å². The number of ketones is 1. The summed E-state index contributed by atoms with van der Waals surface area (Å²) in [5.74, 6) is 0.702. The summed E-state index contributed by atoms with van der Waals surface area (Å²) >= 11 is 1.34. The molecule has 3 rings (SSSR count). The van der Waals surface area contributed by atoms with Crippen LogP contribution in [0.2, 0.25) is 0 Å². The number of hydrogen-bond donors (Lipinski definition) is 1. The lowest BCUT2D eigenvalue weighted by molar-refractivity contribution is 0.104. The number of hydrogen-bond acceptors (Lipinski definition) is 3. The Kier molecular flexibility index (Phi) is 2.71. The molecule has 1 aromatic heterocycles. The van der Waals surface area contributed by atoms with Gasteiger partial charge >= 0.3 is 0 Å². The molecule has 92 valence electrons. The van der Waals surface area contributed by atoms with E-state index in [1.165, 1.54) is 29.7 Å². The maximum atomic E-state index is 12.2. The third kappa shape index (κ3) is 2.06. The summed E-state index contributed by atoms with van der Waals surface area (Å²) in [6.07, 6.45) is 2.52. The Morgan fingerprint density at radius 3 is 2.44 bits per heavy atom. The minimum atomic E-state index is -0.0899. The number of carbonyl (C=O) groups is 1. The van der Waals surface area contributed by atoms with Crippen molar-refractivity contribution >= 4 is 17.1 Å². The van der Waals surface area contributed by atoms with Crippen LogP contribution in [0.1, 0.15) is 44.4 Å². The molecule has 0 saturated heterocycles. The van der Waals surface area contributed by atoms with Gasteiger partial charge < -0.3 is 5.11 Å². The van der Waals surface area contributed by atoms with Gasteiger partial charge in [-0.15, -0.1) is 11.3 Å². The van der Waals surface area contributed by atoms with Gasteiger partial charge in [0.2, 0.25) is 5.78 Å². The Morgan fingerprint density at radius 2 is 1.94 bits per heavy atom. The topological polar surface area (TPSA) is 37.3 Å². The van der Waals surface area contributed by atoms with Crippen molar-refractivity contribution in [3.05, 3.63) is 51.2 Å². The SMILES string of the molecule is Cc1cc(O)c(C(=O)c2ccc(C3CC3)cc2)s1. The van der Waals surface area contributed by atoms with E-state index in [4.69, 9.17) is 0 Å². The van der Waals surface area contributed by atoms with Gasteiger partial charge in [-0.3, -0.25) is 4.79 Å². The number of benzene rings is 1. The van der Waals surface area contributed by atoms with Gasteiger partial charge in [-0.1, -0.05) is 24.3 Å². The van der Waals surface area contributed by atoms with Gasteiger partial charge in [0.25, 0.3) is 0 Å². The molecule has 0 aliphatic heterocycles. The van der Waals surface area contributed by atoms with Crippen LogP contribution in [0.5, 0.6) is 5.75 Å². The molecule has 0 unspecified atom stereocenters. The van der Waals surface area contributed by atoms with Crippen molar-refractivity contribution in [2.45, 2.75) is 25.7 Å². The lowest BCUT2D eigenvalue weighted by Crippen LogP contribution is -1.98. The zero-order valence-corrected chi connectivity index (χ0v) is 11.0. The van der Waals surface area contributed by atoms with E-state index in [0.29, 0.717) is 16.4 Å². The van der Waals surface area contributed by atoms with Gasteiger partial charge in [-0.25, -0.2) is 0 Å². The van der Waals surface area contributed by atoms with Crippen LogP contribution in [0.4, 0.5) is 0 Å². The first-order valence-corrected chi connectivity index (χ1v) is 6.91. The van der Waals surface area contributed by atoms with Crippen LogP contribution < -0.4 is 0 Å². The Balaban J connectivity index is 1.89. The highest BCUT2D eigenvalue weighted by Crippen LogP contribution is 2.40. The summed E-state index contributed by atoms with van der Waals surface area (Å²) in [4.78, 5) is 13.6. The van der Waals surface area contributed by atoms with E-state index in [0.717, 1.165) is 4.88 Å². The molecule has 2 aromatic rings. The number of carbonyl (C=O) groups excluding carboxylic acids is 1. The van der Waals surface area contributed by atoms with E-state index >= 15 is 0 Å². The van der Waals surface area contributed by atoms with Crippen molar-refractivity contribution in [1.29, 1.82) is 0 Å². The smallest absolute Gasteiger partial charge is 0.206 e. The summed E-state index contributed by atoms with van der Waals surface area (Å²) in [7, 11) is 0. The number of aromatic hydroxyl groups is 1. The molecule has 1 aliphatic rings. The molecule has 2 nitrogen and oxygen atoms in total. The molecular weight excluding hydrogens is 244 g/mol. The molecule has 1 saturated carbocycles. The molecule has 18 heavy (non-hydrogen) atoms. The number of thiophene rings is 1. The minimum Gasteiger partial charge on any atom is -0.506 e. The second-order valence-electron chi connectivity index (χ2n) is 4.80. The molecule has 0 atom stereocenters. The average molecular weight is 258 g/mol. The highest BCUT2D eigenvalue weighted by molar-refractivity contribution is 7.14. The molecule has 1 N–H and O–H groups in total.